The summed E-state index contributed by atoms with van der Waals surface area (Å²) in [5.41, 5.74) is 5.81. The molecule has 2 aromatic heterocycles. The van der Waals surface area contributed by atoms with Crippen LogP contribution in [0.25, 0.3) is 22.5 Å². The summed E-state index contributed by atoms with van der Waals surface area (Å²) in [5, 5.41) is 3.60. The van der Waals surface area contributed by atoms with Crippen LogP contribution in [0.1, 0.15) is 0 Å². The summed E-state index contributed by atoms with van der Waals surface area (Å²) in [4.78, 5) is 7.70. The predicted octanol–water partition coefficient (Wildman–Crippen LogP) is 2.80. The van der Waals surface area contributed by atoms with Crippen LogP contribution in [0.15, 0.2) is 35.2 Å². The molecule has 0 atom stereocenters. The lowest BCUT2D eigenvalue weighted by molar-refractivity contribution is 0.434. The number of hydrogen-bond donors (Lipinski definition) is 1. The van der Waals surface area contributed by atoms with Crippen molar-refractivity contribution in [3.05, 3.63) is 48.2 Å². The number of nitrogen functional groups attached to an aromatic ring is 1. The average Bonchev–Trinajstić information content (AvgIpc) is 2.87. The molecular formula is C13H7F3N4O. The fourth-order valence-electron chi connectivity index (χ4n) is 1.88. The highest BCUT2D eigenvalue weighted by Gasteiger charge is 2.23. The number of anilines is 1. The summed E-state index contributed by atoms with van der Waals surface area (Å²) in [6, 6.07) is 3.35. The Balaban J connectivity index is 2.24. The summed E-state index contributed by atoms with van der Waals surface area (Å²) < 4.78 is 45.0. The molecule has 106 valence electrons. The minimum Gasteiger partial charge on any atom is -0.367 e. The van der Waals surface area contributed by atoms with Crippen LogP contribution in [0.2, 0.25) is 0 Å². The molecule has 0 spiro atoms. The first-order valence-corrected chi connectivity index (χ1v) is 5.75. The van der Waals surface area contributed by atoms with Gasteiger partial charge in [0.15, 0.2) is 17.5 Å². The quantitative estimate of drug-likeness (QED) is 0.735. The average molecular weight is 292 g/mol. The molecule has 0 aliphatic carbocycles. The number of nitrogens with two attached hydrogens (primary N) is 1. The molecule has 0 unspecified atom stereocenters. The summed E-state index contributed by atoms with van der Waals surface area (Å²) in [6.45, 7) is 0. The Bertz CT molecular complexity index is 805. The minimum atomic E-state index is -1.59. The molecule has 0 saturated heterocycles. The molecule has 0 aliphatic heterocycles. The van der Waals surface area contributed by atoms with Crippen molar-refractivity contribution in [3.63, 3.8) is 0 Å². The van der Waals surface area contributed by atoms with Gasteiger partial charge in [-0.1, -0.05) is 5.16 Å². The molecule has 0 fully saturated rings. The summed E-state index contributed by atoms with van der Waals surface area (Å²) in [7, 11) is 0. The Labute approximate surface area is 116 Å². The first-order chi connectivity index (χ1) is 10.1. The topological polar surface area (TPSA) is 77.8 Å². The zero-order chi connectivity index (χ0) is 15.0. The summed E-state index contributed by atoms with van der Waals surface area (Å²) >= 11 is 0. The molecule has 5 nitrogen and oxygen atoms in total. The number of rotatable bonds is 2. The maximum Gasteiger partial charge on any atom is 0.232 e. The molecule has 3 rings (SSSR count). The Morgan fingerprint density at radius 1 is 1.05 bits per heavy atom. The standard InChI is InChI=1S/C13H7F3N4O/c14-7-2-1-6(10(15)11(7)16)12-9(13(17)21-20-12)8-3-4-18-5-19-8/h1-5H,17H2. The van der Waals surface area contributed by atoms with Gasteiger partial charge in [0.2, 0.25) is 5.88 Å². The Morgan fingerprint density at radius 2 is 1.86 bits per heavy atom. The van der Waals surface area contributed by atoms with Crippen molar-refractivity contribution >= 4 is 5.88 Å². The van der Waals surface area contributed by atoms with Gasteiger partial charge in [-0.05, 0) is 18.2 Å². The zero-order valence-corrected chi connectivity index (χ0v) is 10.3. The van der Waals surface area contributed by atoms with Crippen molar-refractivity contribution in [3.8, 4) is 22.5 Å². The fourth-order valence-corrected chi connectivity index (χ4v) is 1.88. The maximum absolute atomic E-state index is 13.9. The van der Waals surface area contributed by atoms with Gasteiger partial charge in [-0.3, -0.25) is 0 Å². The van der Waals surface area contributed by atoms with Gasteiger partial charge in [0.25, 0.3) is 0 Å². The third-order valence-corrected chi connectivity index (χ3v) is 2.85. The van der Waals surface area contributed by atoms with Crippen LogP contribution in [0.5, 0.6) is 0 Å². The smallest absolute Gasteiger partial charge is 0.232 e. The van der Waals surface area contributed by atoms with E-state index in [2.05, 4.69) is 15.1 Å². The number of aromatic nitrogens is 3. The second-order valence-electron chi connectivity index (χ2n) is 4.09. The molecule has 0 amide bonds. The van der Waals surface area contributed by atoms with E-state index in [1.54, 1.807) is 0 Å². The number of halogens is 3. The zero-order valence-electron chi connectivity index (χ0n) is 10.3. The van der Waals surface area contributed by atoms with Crippen molar-refractivity contribution < 1.29 is 17.7 Å². The highest BCUT2D eigenvalue weighted by Crippen LogP contribution is 2.36. The van der Waals surface area contributed by atoms with Crippen molar-refractivity contribution in [2.45, 2.75) is 0 Å². The SMILES string of the molecule is Nc1onc(-c2ccc(F)c(F)c2F)c1-c1ccncn1. The lowest BCUT2D eigenvalue weighted by atomic mass is 10.0. The molecular weight excluding hydrogens is 285 g/mol. The number of benzene rings is 1. The molecule has 8 heteroatoms. The van der Waals surface area contributed by atoms with E-state index >= 15 is 0 Å². The molecule has 21 heavy (non-hydrogen) atoms. The number of hydrogen-bond acceptors (Lipinski definition) is 5. The van der Waals surface area contributed by atoms with Crippen LogP contribution in [-0.2, 0) is 0 Å². The van der Waals surface area contributed by atoms with Crippen LogP contribution < -0.4 is 5.73 Å². The molecule has 0 radical (unpaired) electrons. The van der Waals surface area contributed by atoms with Crippen molar-refractivity contribution in [2.24, 2.45) is 0 Å². The Morgan fingerprint density at radius 3 is 2.57 bits per heavy atom. The fraction of sp³-hybridized carbons (Fsp3) is 0. The van der Waals surface area contributed by atoms with Crippen LogP contribution in [0.4, 0.5) is 19.1 Å². The maximum atomic E-state index is 13.9. The van der Waals surface area contributed by atoms with Crippen molar-refractivity contribution in [1.29, 1.82) is 0 Å². The first-order valence-electron chi connectivity index (χ1n) is 5.75. The lowest BCUT2D eigenvalue weighted by Crippen LogP contribution is -1.96. The third kappa shape index (κ3) is 2.10. The molecule has 0 bridgehead atoms. The van der Waals surface area contributed by atoms with E-state index in [0.29, 0.717) is 5.69 Å². The van der Waals surface area contributed by atoms with Gasteiger partial charge in [-0.2, -0.15) is 0 Å². The minimum absolute atomic E-state index is 0.0670. The van der Waals surface area contributed by atoms with Crippen LogP contribution >= 0.6 is 0 Å². The van der Waals surface area contributed by atoms with E-state index in [1.165, 1.54) is 18.6 Å². The molecule has 2 heterocycles. The van der Waals surface area contributed by atoms with Crippen molar-refractivity contribution in [1.82, 2.24) is 15.1 Å². The molecule has 0 aliphatic rings. The van der Waals surface area contributed by atoms with E-state index in [1.807, 2.05) is 0 Å². The molecule has 3 aromatic rings. The third-order valence-electron chi connectivity index (χ3n) is 2.85. The first kappa shape index (κ1) is 13.1. The monoisotopic (exact) mass is 292 g/mol. The second-order valence-corrected chi connectivity index (χ2v) is 4.09. The molecule has 0 saturated carbocycles. The van der Waals surface area contributed by atoms with Gasteiger partial charge in [0.1, 0.15) is 12.0 Å². The number of nitrogens with zero attached hydrogens (tertiary/aromatic N) is 3. The van der Waals surface area contributed by atoms with Crippen LogP contribution in [0.3, 0.4) is 0 Å². The normalized spacial score (nSPS) is 10.8. The highest BCUT2D eigenvalue weighted by molar-refractivity contribution is 5.85. The summed E-state index contributed by atoms with van der Waals surface area (Å²) in [5.74, 6) is -4.38. The Kier molecular flexibility index (Phi) is 3.05. The van der Waals surface area contributed by atoms with E-state index < -0.39 is 17.5 Å². The van der Waals surface area contributed by atoms with E-state index in [4.69, 9.17) is 10.3 Å². The molecule has 1 aromatic carbocycles. The predicted molar refractivity (Wildman–Crippen MR) is 67.3 cm³/mol. The molecule has 2 N–H and O–H groups in total. The van der Waals surface area contributed by atoms with E-state index in [9.17, 15) is 13.2 Å². The lowest BCUT2D eigenvalue weighted by Gasteiger charge is -2.04. The van der Waals surface area contributed by atoms with Gasteiger partial charge in [-0.25, -0.2) is 23.1 Å². The Hall–Kier alpha value is -2.90. The van der Waals surface area contributed by atoms with Gasteiger partial charge in [0.05, 0.1) is 11.3 Å². The van der Waals surface area contributed by atoms with Crippen LogP contribution in [0, 0.1) is 17.5 Å². The van der Waals surface area contributed by atoms with E-state index in [0.717, 1.165) is 12.1 Å². The van der Waals surface area contributed by atoms with Crippen molar-refractivity contribution in [2.75, 3.05) is 5.73 Å². The highest BCUT2D eigenvalue weighted by atomic mass is 19.2. The van der Waals surface area contributed by atoms with Gasteiger partial charge in [-0.15, -0.1) is 0 Å². The van der Waals surface area contributed by atoms with Gasteiger partial charge < -0.3 is 10.3 Å². The summed E-state index contributed by atoms with van der Waals surface area (Å²) in [6.07, 6.45) is 2.70. The largest absolute Gasteiger partial charge is 0.367 e. The van der Waals surface area contributed by atoms with Gasteiger partial charge >= 0.3 is 0 Å². The van der Waals surface area contributed by atoms with Crippen LogP contribution in [-0.4, -0.2) is 15.1 Å². The second kappa shape index (κ2) is 4.89. The van der Waals surface area contributed by atoms with E-state index in [-0.39, 0.29) is 22.7 Å². The van der Waals surface area contributed by atoms with Gasteiger partial charge in [0, 0.05) is 11.8 Å².